The number of nitrogens with one attached hydrogen (secondary N) is 1. The fourth-order valence-corrected chi connectivity index (χ4v) is 2.65. The summed E-state index contributed by atoms with van der Waals surface area (Å²) in [6.45, 7) is -0.386. The Morgan fingerprint density at radius 1 is 1.22 bits per heavy atom. The van der Waals surface area contributed by atoms with Crippen molar-refractivity contribution in [3.8, 4) is 17.6 Å². The first-order valence-electron chi connectivity index (χ1n) is 7.80. The maximum Gasteiger partial charge on any atom is 0.349 e. The number of ether oxygens (including phenoxy) is 3. The second-order valence-electron chi connectivity index (χ2n) is 5.39. The van der Waals surface area contributed by atoms with Gasteiger partial charge in [0.1, 0.15) is 11.6 Å². The Bertz CT molecular complexity index is 965. The van der Waals surface area contributed by atoms with E-state index >= 15 is 0 Å². The van der Waals surface area contributed by atoms with Crippen molar-refractivity contribution in [2.24, 2.45) is 0 Å². The third-order valence-corrected chi connectivity index (χ3v) is 4.22. The van der Waals surface area contributed by atoms with Crippen LogP contribution in [0, 0.1) is 11.3 Å². The van der Waals surface area contributed by atoms with Crippen LogP contribution >= 0.6 is 15.9 Å². The molecule has 1 aliphatic heterocycles. The van der Waals surface area contributed by atoms with Gasteiger partial charge in [-0.2, -0.15) is 5.26 Å². The lowest BCUT2D eigenvalue weighted by atomic mass is 10.1. The molecule has 1 aliphatic rings. The summed E-state index contributed by atoms with van der Waals surface area (Å²) in [7, 11) is 0. The molecule has 0 bridgehead atoms. The van der Waals surface area contributed by atoms with Crippen molar-refractivity contribution < 1.29 is 23.8 Å². The lowest BCUT2D eigenvalue weighted by Gasteiger charge is -2.07. The first-order chi connectivity index (χ1) is 13.1. The largest absolute Gasteiger partial charge is 0.454 e. The van der Waals surface area contributed by atoms with Gasteiger partial charge in [-0.25, -0.2) is 4.79 Å². The normalized spacial score (nSPS) is 12.2. The van der Waals surface area contributed by atoms with Gasteiger partial charge in [0.15, 0.2) is 18.1 Å². The quantitative estimate of drug-likeness (QED) is 0.445. The molecular formula is C19H13BrN2O5. The van der Waals surface area contributed by atoms with Gasteiger partial charge in [0, 0.05) is 4.47 Å². The summed E-state index contributed by atoms with van der Waals surface area (Å²) in [6, 6.07) is 13.8. The summed E-state index contributed by atoms with van der Waals surface area (Å²) >= 11 is 3.30. The van der Waals surface area contributed by atoms with E-state index in [1.165, 1.54) is 6.08 Å². The number of esters is 1. The molecule has 0 spiro atoms. The minimum Gasteiger partial charge on any atom is -0.454 e. The summed E-state index contributed by atoms with van der Waals surface area (Å²) < 4.78 is 16.1. The van der Waals surface area contributed by atoms with E-state index in [1.54, 1.807) is 48.5 Å². The fraction of sp³-hybridized carbons (Fsp3) is 0.105. The van der Waals surface area contributed by atoms with Gasteiger partial charge < -0.3 is 19.5 Å². The smallest absolute Gasteiger partial charge is 0.349 e. The maximum absolute atomic E-state index is 12.1. The SMILES string of the molecule is N#C/C(=C/c1ccc2c(c1)OCO2)C(=O)OCC(=O)Nc1ccccc1Br. The Labute approximate surface area is 163 Å². The number of anilines is 1. The second kappa shape index (κ2) is 8.38. The first-order valence-corrected chi connectivity index (χ1v) is 8.59. The van der Waals surface area contributed by atoms with Crippen LogP contribution in [0.25, 0.3) is 6.08 Å². The molecule has 2 aromatic carbocycles. The Hall–Kier alpha value is -3.31. The van der Waals surface area contributed by atoms with E-state index < -0.39 is 18.5 Å². The second-order valence-corrected chi connectivity index (χ2v) is 6.24. The van der Waals surface area contributed by atoms with Gasteiger partial charge in [0.2, 0.25) is 6.79 Å². The van der Waals surface area contributed by atoms with Crippen molar-refractivity contribution >= 4 is 39.6 Å². The zero-order valence-electron chi connectivity index (χ0n) is 13.9. The molecule has 2 aromatic rings. The number of benzene rings is 2. The van der Waals surface area contributed by atoms with Crippen molar-refractivity contribution in [2.45, 2.75) is 0 Å². The Morgan fingerprint density at radius 2 is 2.00 bits per heavy atom. The standard InChI is InChI=1S/C19H13BrN2O5/c20-14-3-1-2-4-15(14)22-18(23)10-25-19(24)13(9-21)7-12-5-6-16-17(8-12)27-11-26-16/h1-8H,10-11H2,(H,22,23)/b13-7-. The van der Waals surface area contributed by atoms with E-state index in [2.05, 4.69) is 21.2 Å². The van der Waals surface area contributed by atoms with Crippen molar-refractivity contribution in [3.05, 3.63) is 58.1 Å². The third-order valence-electron chi connectivity index (χ3n) is 3.53. The number of halogens is 1. The van der Waals surface area contributed by atoms with Gasteiger partial charge in [0.25, 0.3) is 5.91 Å². The number of carbonyl (C=O) groups excluding carboxylic acids is 2. The zero-order valence-corrected chi connectivity index (χ0v) is 15.5. The van der Waals surface area contributed by atoms with Gasteiger partial charge >= 0.3 is 5.97 Å². The van der Waals surface area contributed by atoms with E-state index in [1.807, 2.05) is 0 Å². The summed E-state index contributed by atoms with van der Waals surface area (Å²) in [5.74, 6) is -0.285. The van der Waals surface area contributed by atoms with Crippen molar-refractivity contribution in [2.75, 3.05) is 18.7 Å². The van der Waals surface area contributed by atoms with Crippen LogP contribution in [0.3, 0.4) is 0 Å². The minimum atomic E-state index is -0.891. The van der Waals surface area contributed by atoms with Crippen LogP contribution in [0.5, 0.6) is 11.5 Å². The van der Waals surface area contributed by atoms with Crippen molar-refractivity contribution in [1.82, 2.24) is 0 Å². The lowest BCUT2D eigenvalue weighted by Crippen LogP contribution is -2.21. The highest BCUT2D eigenvalue weighted by molar-refractivity contribution is 9.10. The molecule has 0 atom stereocenters. The zero-order chi connectivity index (χ0) is 19.2. The molecule has 27 heavy (non-hydrogen) atoms. The highest BCUT2D eigenvalue weighted by atomic mass is 79.9. The number of para-hydroxylation sites is 1. The summed E-state index contributed by atoms with van der Waals surface area (Å²) in [5.41, 5.74) is 0.892. The number of nitrogens with zero attached hydrogens (tertiary/aromatic N) is 1. The van der Waals surface area contributed by atoms with Crippen LogP contribution in [0.4, 0.5) is 5.69 Å². The highest BCUT2D eigenvalue weighted by Gasteiger charge is 2.16. The topological polar surface area (TPSA) is 97.7 Å². The van der Waals surface area contributed by atoms with Gasteiger partial charge in [-0.05, 0) is 51.8 Å². The summed E-state index contributed by atoms with van der Waals surface area (Å²) in [4.78, 5) is 24.0. The fourth-order valence-electron chi connectivity index (χ4n) is 2.26. The predicted molar refractivity (Wildman–Crippen MR) is 99.9 cm³/mol. The maximum atomic E-state index is 12.1. The number of nitriles is 1. The molecular weight excluding hydrogens is 416 g/mol. The lowest BCUT2D eigenvalue weighted by molar-refractivity contribution is -0.142. The molecule has 1 heterocycles. The molecule has 1 amide bonds. The van der Waals surface area contributed by atoms with E-state index in [9.17, 15) is 14.9 Å². The van der Waals surface area contributed by atoms with E-state index in [0.717, 1.165) is 0 Å². The van der Waals surface area contributed by atoms with Gasteiger partial charge in [-0.15, -0.1) is 0 Å². The van der Waals surface area contributed by atoms with Gasteiger partial charge in [-0.3, -0.25) is 4.79 Å². The van der Waals surface area contributed by atoms with Crippen molar-refractivity contribution in [1.29, 1.82) is 5.26 Å². The third kappa shape index (κ3) is 4.65. The van der Waals surface area contributed by atoms with Crippen LogP contribution in [-0.2, 0) is 14.3 Å². The van der Waals surface area contributed by atoms with E-state index in [0.29, 0.717) is 27.2 Å². The molecule has 0 aromatic heterocycles. The van der Waals surface area contributed by atoms with Gasteiger partial charge in [0.05, 0.1) is 5.69 Å². The van der Waals surface area contributed by atoms with E-state index in [4.69, 9.17) is 14.2 Å². The predicted octanol–water partition coefficient (Wildman–Crippen LogP) is 3.27. The molecule has 3 rings (SSSR count). The Balaban J connectivity index is 1.61. The average Bonchev–Trinajstić information content (AvgIpc) is 3.14. The molecule has 0 saturated heterocycles. The highest BCUT2D eigenvalue weighted by Crippen LogP contribution is 2.33. The molecule has 8 heteroatoms. The monoisotopic (exact) mass is 428 g/mol. The summed E-state index contributed by atoms with van der Waals surface area (Å²) in [6.07, 6.45) is 1.36. The minimum absolute atomic E-state index is 0.127. The van der Waals surface area contributed by atoms with E-state index in [-0.39, 0.29) is 12.4 Å². The van der Waals surface area contributed by atoms with Crippen LogP contribution in [0.2, 0.25) is 0 Å². The molecule has 0 fully saturated rings. The average molecular weight is 429 g/mol. The number of hydrogen-bond acceptors (Lipinski definition) is 6. The molecule has 0 radical (unpaired) electrons. The number of fused-ring (bicyclic) bond motifs is 1. The van der Waals surface area contributed by atoms with Crippen LogP contribution < -0.4 is 14.8 Å². The number of carbonyl (C=O) groups is 2. The number of rotatable bonds is 5. The molecule has 0 unspecified atom stereocenters. The number of amides is 1. The van der Waals surface area contributed by atoms with Crippen LogP contribution in [-0.4, -0.2) is 25.3 Å². The molecule has 7 nitrogen and oxygen atoms in total. The molecule has 0 saturated carbocycles. The van der Waals surface area contributed by atoms with Crippen molar-refractivity contribution in [3.63, 3.8) is 0 Å². The van der Waals surface area contributed by atoms with Crippen LogP contribution in [0.15, 0.2) is 52.5 Å². The molecule has 136 valence electrons. The Kier molecular flexibility index (Phi) is 5.74. The first kappa shape index (κ1) is 18.5. The van der Waals surface area contributed by atoms with Gasteiger partial charge in [-0.1, -0.05) is 18.2 Å². The Morgan fingerprint density at radius 3 is 2.78 bits per heavy atom. The number of hydrogen-bond donors (Lipinski definition) is 1. The van der Waals surface area contributed by atoms with Crippen LogP contribution in [0.1, 0.15) is 5.56 Å². The molecule has 1 N–H and O–H groups in total. The summed E-state index contributed by atoms with van der Waals surface area (Å²) in [5, 5.41) is 11.8. The molecule has 0 aliphatic carbocycles.